The maximum Gasteiger partial charge on any atom is 0.186 e. The van der Waals surface area contributed by atoms with Crippen molar-refractivity contribution in [2.75, 3.05) is 19.8 Å². The van der Waals surface area contributed by atoms with Crippen LogP contribution in [0, 0.1) is 52.3 Å². The van der Waals surface area contributed by atoms with Gasteiger partial charge in [-0.25, -0.2) is 0 Å². The maximum absolute atomic E-state index is 11.5. The molecule has 0 amide bonds. The van der Waals surface area contributed by atoms with E-state index in [1.165, 1.54) is 0 Å². The molecule has 0 aromatic rings. The molecule has 4 aliphatic heterocycles. The molecule has 24 atom stereocenters. The van der Waals surface area contributed by atoms with Gasteiger partial charge in [-0.3, -0.25) is 0 Å². The summed E-state index contributed by atoms with van der Waals surface area (Å²) in [5.74, 6) is 0.0805. The van der Waals surface area contributed by atoms with Gasteiger partial charge in [0.1, 0.15) is 48.8 Å². The van der Waals surface area contributed by atoms with Crippen molar-refractivity contribution in [2.45, 2.75) is 164 Å². The number of ether oxygens (including phenoxy) is 6. The van der Waals surface area contributed by atoms with E-state index in [9.17, 15) is 46.0 Å². The van der Waals surface area contributed by atoms with E-state index in [2.05, 4.69) is 20.8 Å². The van der Waals surface area contributed by atoms with Gasteiger partial charge in [-0.1, -0.05) is 27.7 Å². The fraction of sp³-hybridized carbons (Fsp3) is 1.00. The summed E-state index contributed by atoms with van der Waals surface area (Å²) in [6.45, 7) is 8.36. The Balaban J connectivity index is 1.00. The predicted molar refractivity (Wildman–Crippen MR) is 181 cm³/mol. The van der Waals surface area contributed by atoms with Gasteiger partial charge in [0.25, 0.3) is 0 Å². The minimum atomic E-state index is -1.53. The highest BCUT2D eigenvalue weighted by molar-refractivity contribution is 5.17. The monoisotopic (exact) mass is 758 g/mol. The Kier molecular flexibility index (Phi) is 10.4. The van der Waals surface area contributed by atoms with Gasteiger partial charge in [0, 0.05) is 23.7 Å². The van der Waals surface area contributed by atoms with Gasteiger partial charge in [-0.15, -0.1) is 0 Å². The first-order chi connectivity index (χ1) is 25.1. The third kappa shape index (κ3) is 5.93. The Hall–Kier alpha value is -0.600. The third-order valence-corrected chi connectivity index (χ3v) is 16.1. The second kappa shape index (κ2) is 14.0. The number of hydrogen-bond acceptors (Lipinski definition) is 15. The summed E-state index contributed by atoms with van der Waals surface area (Å²) in [6.07, 6.45) is -10.5. The minimum absolute atomic E-state index is 0.00817. The smallest absolute Gasteiger partial charge is 0.186 e. The summed E-state index contributed by atoms with van der Waals surface area (Å²) in [7, 11) is 0. The fourth-order valence-corrected chi connectivity index (χ4v) is 13.1. The number of aliphatic hydroxyl groups is 9. The van der Waals surface area contributed by atoms with E-state index in [0.717, 1.165) is 32.1 Å². The van der Waals surface area contributed by atoms with Gasteiger partial charge < -0.3 is 74.4 Å². The lowest BCUT2D eigenvalue weighted by Gasteiger charge is -2.64. The zero-order valence-corrected chi connectivity index (χ0v) is 31.2. The highest BCUT2D eigenvalue weighted by Gasteiger charge is 2.71. The predicted octanol–water partition coefficient (Wildman–Crippen LogP) is -1.01. The Morgan fingerprint density at radius 2 is 1.47 bits per heavy atom. The summed E-state index contributed by atoms with van der Waals surface area (Å²) in [5, 5.41) is 94.7. The van der Waals surface area contributed by atoms with Crippen LogP contribution in [-0.2, 0) is 28.4 Å². The van der Waals surface area contributed by atoms with Crippen molar-refractivity contribution in [3.8, 4) is 0 Å². The van der Waals surface area contributed by atoms with Crippen LogP contribution in [-0.4, -0.2) is 157 Å². The Bertz CT molecular complexity index is 1320. The second-order valence-electron chi connectivity index (χ2n) is 18.5. The van der Waals surface area contributed by atoms with Crippen LogP contribution >= 0.6 is 0 Å². The van der Waals surface area contributed by atoms with Crippen molar-refractivity contribution in [1.82, 2.24) is 0 Å². The molecule has 8 rings (SSSR count). The van der Waals surface area contributed by atoms with E-state index in [1.54, 1.807) is 0 Å². The van der Waals surface area contributed by atoms with E-state index in [1.807, 2.05) is 6.92 Å². The van der Waals surface area contributed by atoms with Gasteiger partial charge in [0.2, 0.25) is 0 Å². The van der Waals surface area contributed by atoms with E-state index < -0.39 is 97.5 Å². The molecule has 4 saturated heterocycles. The van der Waals surface area contributed by atoms with Crippen LogP contribution in [0.2, 0.25) is 0 Å². The van der Waals surface area contributed by atoms with Gasteiger partial charge in [-0.2, -0.15) is 0 Å². The van der Waals surface area contributed by atoms with Crippen molar-refractivity contribution in [3.63, 3.8) is 0 Å². The molecular weight excluding hydrogens is 696 g/mol. The van der Waals surface area contributed by atoms with Gasteiger partial charge in [0.05, 0.1) is 44.2 Å². The molecular formula is C38H62O15. The zero-order valence-electron chi connectivity index (χ0n) is 31.2. The maximum atomic E-state index is 11.5. The average molecular weight is 759 g/mol. The molecule has 304 valence electrons. The molecule has 53 heavy (non-hydrogen) atoms. The summed E-state index contributed by atoms with van der Waals surface area (Å²) in [6, 6.07) is 0. The van der Waals surface area contributed by atoms with Crippen molar-refractivity contribution in [3.05, 3.63) is 0 Å². The molecule has 15 heteroatoms. The van der Waals surface area contributed by atoms with Gasteiger partial charge in [0.15, 0.2) is 18.4 Å². The first-order valence-electron chi connectivity index (χ1n) is 20.0. The lowest BCUT2D eigenvalue weighted by atomic mass is 9.43. The molecule has 8 aliphatic rings. The van der Waals surface area contributed by atoms with Crippen LogP contribution in [0.4, 0.5) is 0 Å². The molecule has 4 saturated carbocycles. The normalized spacial score (nSPS) is 61.0. The number of hydrogen-bond donors (Lipinski definition) is 9. The van der Waals surface area contributed by atoms with Crippen LogP contribution < -0.4 is 0 Å². The molecule has 0 bridgehead atoms. The number of fused-ring (bicyclic) bond motifs is 7. The highest BCUT2D eigenvalue weighted by atomic mass is 16.7. The highest BCUT2D eigenvalue weighted by Crippen LogP contribution is 2.71. The molecule has 1 spiro atoms. The van der Waals surface area contributed by atoms with E-state index >= 15 is 0 Å². The Morgan fingerprint density at radius 1 is 0.736 bits per heavy atom. The summed E-state index contributed by atoms with van der Waals surface area (Å²) in [5.41, 5.74) is -0.611. The molecule has 15 nitrogen and oxygen atoms in total. The van der Waals surface area contributed by atoms with Crippen LogP contribution in [0.3, 0.4) is 0 Å². The van der Waals surface area contributed by atoms with E-state index in [0.29, 0.717) is 31.3 Å². The van der Waals surface area contributed by atoms with Crippen molar-refractivity contribution >= 4 is 0 Å². The topological polar surface area (TPSA) is 237 Å². The van der Waals surface area contributed by atoms with Crippen LogP contribution in [0.25, 0.3) is 0 Å². The second-order valence-corrected chi connectivity index (χ2v) is 18.5. The fourth-order valence-electron chi connectivity index (χ4n) is 13.1. The van der Waals surface area contributed by atoms with E-state index in [4.69, 9.17) is 28.4 Å². The zero-order chi connectivity index (χ0) is 37.9. The molecule has 4 aliphatic carbocycles. The van der Waals surface area contributed by atoms with Crippen LogP contribution in [0.5, 0.6) is 0 Å². The van der Waals surface area contributed by atoms with Crippen molar-refractivity contribution in [2.24, 2.45) is 52.3 Å². The Labute approximate surface area is 310 Å². The lowest BCUT2D eigenvalue weighted by molar-refractivity contribution is -0.344. The summed E-state index contributed by atoms with van der Waals surface area (Å²) < 4.78 is 37.7. The third-order valence-electron chi connectivity index (χ3n) is 16.1. The molecule has 0 aromatic heterocycles. The standard InChI is InChI=1S/C38H62O15/c1-15-13-49-38(11-24(15)50-35-32(47)30(45)29(44)25(12-39)51-35)16(2)26-23(53-38)10-20-18-6-5-17-9-21(40)28(43)33(37(17,4)19(18)7-8-36(20,26)3)52-34-31(46)27(42)22(41)14-48-34/h15-35,39-47H,5-14H2,1-4H3/t15-,16+,17-,18-,19+,20+,21+,22+,23+,24+,25-,26+,27+,28-,29-,30+,31-,32-,33-,34+,35-,36+,37+,38-/m1/s1. The largest absolute Gasteiger partial charge is 0.394 e. The Morgan fingerprint density at radius 3 is 2.21 bits per heavy atom. The van der Waals surface area contributed by atoms with Crippen molar-refractivity contribution in [1.29, 1.82) is 0 Å². The molecule has 0 radical (unpaired) electrons. The van der Waals surface area contributed by atoms with Crippen LogP contribution in [0.1, 0.15) is 72.6 Å². The molecule has 4 heterocycles. The SMILES string of the molecule is C[C@@H]1CO[C@]2(C[C@@H]1O[C@@H]1O[C@H](CO)[C@@H](O)[C@H](O)[C@H]1O)O[C@H]1C[C@H]3[C@@H]4CC[C@@H]5C[C@H](O)[C@@H](O)[C@@H](O[C@@H]6OC[C@H](O)[C@H](O)[C@H]6O)[C@]5(C)[C@H]4CC[C@]3(C)[C@H]1[C@@H]2C. The van der Waals surface area contributed by atoms with Crippen LogP contribution in [0.15, 0.2) is 0 Å². The molecule has 0 unspecified atom stereocenters. The lowest BCUT2D eigenvalue weighted by Crippen LogP contribution is -2.66. The number of aliphatic hydroxyl groups excluding tert-OH is 9. The average Bonchev–Trinajstić information content (AvgIpc) is 3.57. The van der Waals surface area contributed by atoms with Gasteiger partial charge >= 0.3 is 0 Å². The quantitative estimate of drug-likeness (QED) is 0.163. The minimum Gasteiger partial charge on any atom is -0.394 e. The first-order valence-corrected chi connectivity index (χ1v) is 20.0. The molecule has 9 N–H and O–H groups in total. The molecule has 0 aromatic carbocycles. The molecule has 8 fully saturated rings. The van der Waals surface area contributed by atoms with Gasteiger partial charge in [-0.05, 0) is 73.5 Å². The number of rotatable bonds is 5. The van der Waals surface area contributed by atoms with Crippen molar-refractivity contribution < 1.29 is 74.4 Å². The summed E-state index contributed by atoms with van der Waals surface area (Å²) in [4.78, 5) is 0. The van der Waals surface area contributed by atoms with E-state index in [-0.39, 0.29) is 47.7 Å². The summed E-state index contributed by atoms with van der Waals surface area (Å²) >= 11 is 0. The first kappa shape index (κ1) is 39.2.